The molecule has 0 amide bonds. The number of piperidine rings is 1. The lowest BCUT2D eigenvalue weighted by Crippen LogP contribution is -2.49. The van der Waals surface area contributed by atoms with Gasteiger partial charge in [0.2, 0.25) is 0 Å². The van der Waals surface area contributed by atoms with Gasteiger partial charge in [-0.1, -0.05) is 6.92 Å². The summed E-state index contributed by atoms with van der Waals surface area (Å²) in [5, 5.41) is 0. The zero-order valence-corrected chi connectivity index (χ0v) is 9.47. The molecule has 0 spiro atoms. The van der Waals surface area contributed by atoms with Crippen LogP contribution in [0, 0.1) is 5.92 Å². The highest BCUT2D eigenvalue weighted by Gasteiger charge is 2.32. The highest BCUT2D eigenvalue weighted by Crippen LogP contribution is 2.32. The minimum Gasteiger partial charge on any atom is -0.325 e. The summed E-state index contributed by atoms with van der Waals surface area (Å²) in [6, 6.07) is 0. The van der Waals surface area contributed by atoms with Crippen molar-refractivity contribution < 1.29 is 0 Å². The fourth-order valence-corrected chi connectivity index (χ4v) is 2.75. The van der Waals surface area contributed by atoms with Crippen molar-refractivity contribution >= 4 is 0 Å². The third kappa shape index (κ3) is 2.48. The SMILES string of the molecule is CC1CCCN(CCC2(N)CCC2)C1. The van der Waals surface area contributed by atoms with Gasteiger partial charge in [0.1, 0.15) is 0 Å². The molecule has 2 fully saturated rings. The van der Waals surface area contributed by atoms with Gasteiger partial charge in [0.15, 0.2) is 0 Å². The molecule has 1 unspecified atom stereocenters. The van der Waals surface area contributed by atoms with Gasteiger partial charge in [-0.15, -0.1) is 0 Å². The van der Waals surface area contributed by atoms with Crippen LogP contribution in [-0.2, 0) is 0 Å². The predicted molar refractivity (Wildman–Crippen MR) is 60.2 cm³/mol. The molecule has 0 radical (unpaired) electrons. The molecule has 1 heterocycles. The van der Waals surface area contributed by atoms with Crippen LogP contribution in [0.15, 0.2) is 0 Å². The molecule has 1 aliphatic heterocycles. The zero-order valence-electron chi connectivity index (χ0n) is 9.47. The second-order valence-electron chi connectivity index (χ2n) is 5.51. The number of rotatable bonds is 3. The summed E-state index contributed by atoms with van der Waals surface area (Å²) in [4.78, 5) is 2.61. The quantitative estimate of drug-likeness (QED) is 0.748. The Bertz CT molecular complexity index is 187. The Morgan fingerprint density at radius 3 is 2.71 bits per heavy atom. The fourth-order valence-electron chi connectivity index (χ4n) is 2.75. The molecule has 1 aliphatic carbocycles. The molecule has 82 valence electrons. The maximum Gasteiger partial charge on any atom is 0.0166 e. The van der Waals surface area contributed by atoms with Crippen LogP contribution in [0.1, 0.15) is 45.4 Å². The van der Waals surface area contributed by atoms with Gasteiger partial charge in [-0.2, -0.15) is 0 Å². The van der Waals surface area contributed by atoms with Crippen molar-refractivity contribution in [3.63, 3.8) is 0 Å². The van der Waals surface area contributed by atoms with Gasteiger partial charge in [-0.25, -0.2) is 0 Å². The second kappa shape index (κ2) is 4.19. The number of likely N-dealkylation sites (tertiary alicyclic amines) is 1. The number of nitrogens with zero attached hydrogens (tertiary/aromatic N) is 1. The first kappa shape index (κ1) is 10.4. The van der Waals surface area contributed by atoms with E-state index in [2.05, 4.69) is 11.8 Å². The third-order valence-electron chi connectivity index (χ3n) is 4.02. The van der Waals surface area contributed by atoms with Crippen molar-refractivity contribution in [1.82, 2.24) is 4.90 Å². The third-order valence-corrected chi connectivity index (χ3v) is 4.02. The van der Waals surface area contributed by atoms with E-state index in [9.17, 15) is 0 Å². The molecular formula is C12H24N2. The minimum absolute atomic E-state index is 0.223. The molecule has 0 aromatic carbocycles. The Labute approximate surface area is 87.8 Å². The Kier molecular flexibility index (Phi) is 3.13. The molecule has 1 saturated heterocycles. The molecule has 2 rings (SSSR count). The van der Waals surface area contributed by atoms with Crippen molar-refractivity contribution in [1.29, 1.82) is 0 Å². The van der Waals surface area contributed by atoms with Gasteiger partial charge in [-0.3, -0.25) is 0 Å². The summed E-state index contributed by atoms with van der Waals surface area (Å²) in [7, 11) is 0. The monoisotopic (exact) mass is 196 g/mol. The van der Waals surface area contributed by atoms with Crippen molar-refractivity contribution in [3.05, 3.63) is 0 Å². The predicted octanol–water partition coefficient (Wildman–Crippen LogP) is 1.99. The molecule has 2 nitrogen and oxygen atoms in total. The van der Waals surface area contributed by atoms with Crippen molar-refractivity contribution in [2.45, 2.75) is 51.0 Å². The summed E-state index contributed by atoms with van der Waals surface area (Å²) in [6.45, 7) is 6.21. The number of hydrogen-bond acceptors (Lipinski definition) is 2. The molecule has 2 N–H and O–H groups in total. The molecule has 0 aromatic heterocycles. The smallest absolute Gasteiger partial charge is 0.0166 e. The van der Waals surface area contributed by atoms with Crippen LogP contribution in [0.2, 0.25) is 0 Å². The average molecular weight is 196 g/mol. The van der Waals surface area contributed by atoms with Gasteiger partial charge in [0.05, 0.1) is 0 Å². The topological polar surface area (TPSA) is 29.3 Å². The summed E-state index contributed by atoms with van der Waals surface area (Å²) in [5.41, 5.74) is 6.45. The van der Waals surface area contributed by atoms with Crippen LogP contribution in [0.4, 0.5) is 0 Å². The summed E-state index contributed by atoms with van der Waals surface area (Å²) in [6.07, 6.45) is 7.91. The largest absolute Gasteiger partial charge is 0.325 e. The average Bonchev–Trinajstić information content (AvgIpc) is 2.12. The highest BCUT2D eigenvalue weighted by molar-refractivity contribution is 4.93. The zero-order chi connectivity index (χ0) is 10.0. The molecule has 2 aliphatic rings. The first-order valence-electron chi connectivity index (χ1n) is 6.19. The second-order valence-corrected chi connectivity index (χ2v) is 5.51. The first-order chi connectivity index (χ1) is 6.68. The molecule has 1 saturated carbocycles. The van der Waals surface area contributed by atoms with Crippen molar-refractivity contribution in [3.8, 4) is 0 Å². The van der Waals surface area contributed by atoms with E-state index in [1.807, 2.05) is 0 Å². The highest BCUT2D eigenvalue weighted by atomic mass is 15.1. The molecule has 0 aromatic rings. The fraction of sp³-hybridized carbons (Fsp3) is 1.00. The normalized spacial score (nSPS) is 32.6. The van der Waals surface area contributed by atoms with Gasteiger partial charge in [0, 0.05) is 12.1 Å². The summed E-state index contributed by atoms with van der Waals surface area (Å²) in [5.74, 6) is 0.902. The first-order valence-corrected chi connectivity index (χ1v) is 6.19. The van der Waals surface area contributed by atoms with E-state index in [0.717, 1.165) is 5.92 Å². The van der Waals surface area contributed by atoms with Crippen molar-refractivity contribution in [2.24, 2.45) is 11.7 Å². The minimum atomic E-state index is 0.223. The van der Waals surface area contributed by atoms with Gasteiger partial charge < -0.3 is 10.6 Å². The van der Waals surface area contributed by atoms with E-state index in [0.29, 0.717) is 0 Å². The van der Waals surface area contributed by atoms with E-state index < -0.39 is 0 Å². The van der Waals surface area contributed by atoms with E-state index in [-0.39, 0.29) is 5.54 Å². The van der Waals surface area contributed by atoms with Crippen LogP contribution in [0.5, 0.6) is 0 Å². The molecular weight excluding hydrogens is 172 g/mol. The van der Waals surface area contributed by atoms with Crippen LogP contribution < -0.4 is 5.73 Å². The Balaban J connectivity index is 1.69. The standard InChI is InChI=1S/C12H24N2/c1-11-4-2-8-14(10-11)9-7-12(13)5-3-6-12/h11H,2-10,13H2,1H3. The Morgan fingerprint density at radius 2 is 2.14 bits per heavy atom. The number of hydrogen-bond donors (Lipinski definition) is 1. The maximum absolute atomic E-state index is 6.23. The van der Waals surface area contributed by atoms with E-state index in [1.165, 1.54) is 58.2 Å². The van der Waals surface area contributed by atoms with E-state index >= 15 is 0 Å². The number of nitrogens with two attached hydrogens (primary N) is 1. The van der Waals surface area contributed by atoms with E-state index in [1.54, 1.807) is 0 Å². The van der Waals surface area contributed by atoms with E-state index in [4.69, 9.17) is 5.73 Å². The Hall–Kier alpha value is -0.0800. The van der Waals surface area contributed by atoms with Crippen LogP contribution in [-0.4, -0.2) is 30.1 Å². The molecule has 1 atom stereocenters. The molecule has 14 heavy (non-hydrogen) atoms. The lowest BCUT2D eigenvalue weighted by atomic mass is 9.75. The maximum atomic E-state index is 6.23. The Morgan fingerprint density at radius 1 is 1.36 bits per heavy atom. The van der Waals surface area contributed by atoms with Crippen LogP contribution in [0.25, 0.3) is 0 Å². The lowest BCUT2D eigenvalue weighted by molar-refractivity contribution is 0.143. The summed E-state index contributed by atoms with van der Waals surface area (Å²) < 4.78 is 0. The van der Waals surface area contributed by atoms with Gasteiger partial charge in [0.25, 0.3) is 0 Å². The van der Waals surface area contributed by atoms with Gasteiger partial charge in [-0.05, 0) is 57.5 Å². The molecule has 2 heteroatoms. The van der Waals surface area contributed by atoms with Crippen LogP contribution in [0.3, 0.4) is 0 Å². The lowest BCUT2D eigenvalue weighted by Gasteiger charge is -2.40. The van der Waals surface area contributed by atoms with Crippen LogP contribution >= 0.6 is 0 Å². The van der Waals surface area contributed by atoms with Crippen molar-refractivity contribution in [2.75, 3.05) is 19.6 Å². The summed E-state index contributed by atoms with van der Waals surface area (Å²) >= 11 is 0. The molecule has 0 bridgehead atoms. The van der Waals surface area contributed by atoms with Gasteiger partial charge >= 0.3 is 0 Å².